The summed E-state index contributed by atoms with van der Waals surface area (Å²) >= 11 is 0. The molecule has 29 heavy (non-hydrogen) atoms. The van der Waals surface area contributed by atoms with Crippen molar-refractivity contribution in [3.8, 4) is 0 Å². The zero-order valence-corrected chi connectivity index (χ0v) is 14.9. The molecule has 0 fully saturated rings. The summed E-state index contributed by atoms with van der Waals surface area (Å²) in [6.07, 6.45) is -9.18. The van der Waals surface area contributed by atoms with Crippen molar-refractivity contribution in [2.24, 2.45) is 5.92 Å². The van der Waals surface area contributed by atoms with Crippen molar-refractivity contribution in [2.75, 3.05) is 17.6 Å². The van der Waals surface area contributed by atoms with Gasteiger partial charge in [0.2, 0.25) is 5.95 Å². The van der Waals surface area contributed by atoms with E-state index in [9.17, 15) is 31.1 Å². The van der Waals surface area contributed by atoms with Crippen molar-refractivity contribution in [1.82, 2.24) is 9.97 Å². The van der Waals surface area contributed by atoms with E-state index >= 15 is 0 Å². The van der Waals surface area contributed by atoms with Gasteiger partial charge in [0.05, 0.1) is 34.6 Å². The molecule has 1 atom stereocenters. The van der Waals surface area contributed by atoms with Crippen LogP contribution < -0.4 is 11.1 Å². The minimum atomic E-state index is -4.97. The fourth-order valence-electron chi connectivity index (χ4n) is 2.38. The molecule has 0 aliphatic heterocycles. The number of carboxylic acid groups (broad SMARTS) is 1. The van der Waals surface area contributed by atoms with E-state index in [1.165, 1.54) is 13.1 Å². The second-order valence-electron chi connectivity index (χ2n) is 6.30. The molecule has 1 heterocycles. The van der Waals surface area contributed by atoms with Crippen LogP contribution >= 0.6 is 0 Å². The van der Waals surface area contributed by atoms with Gasteiger partial charge in [-0.2, -0.15) is 26.3 Å². The number of aromatic nitrogens is 2. The van der Waals surface area contributed by atoms with E-state index in [4.69, 9.17) is 10.8 Å². The van der Waals surface area contributed by atoms with Gasteiger partial charge in [0.25, 0.3) is 0 Å². The van der Waals surface area contributed by atoms with Crippen LogP contribution in [0.1, 0.15) is 29.3 Å². The number of nitrogens with zero attached hydrogens (tertiary/aromatic N) is 2. The van der Waals surface area contributed by atoms with Gasteiger partial charge >= 0.3 is 18.3 Å². The molecule has 0 spiro atoms. The third kappa shape index (κ3) is 5.96. The highest BCUT2D eigenvalue weighted by molar-refractivity contribution is 5.70. The van der Waals surface area contributed by atoms with Crippen molar-refractivity contribution < 1.29 is 36.2 Å². The predicted octanol–water partition coefficient (Wildman–Crippen LogP) is 3.82. The minimum absolute atomic E-state index is 0.0301. The molecule has 0 radical (unpaired) electrons. The summed E-state index contributed by atoms with van der Waals surface area (Å²) in [6.45, 7) is 1.35. The summed E-state index contributed by atoms with van der Waals surface area (Å²) in [5.74, 6) is -2.14. The normalized spacial score (nSPS) is 13.2. The van der Waals surface area contributed by atoms with Crippen molar-refractivity contribution in [2.45, 2.75) is 25.7 Å². The molecule has 0 aliphatic carbocycles. The number of carbonyl (C=O) groups is 1. The summed E-state index contributed by atoms with van der Waals surface area (Å²) in [5, 5.41) is 11.6. The highest BCUT2D eigenvalue weighted by Crippen LogP contribution is 2.37. The summed E-state index contributed by atoms with van der Waals surface area (Å²) in [5.41, 5.74) is 2.48. The number of alkyl halides is 6. The third-order valence-corrected chi connectivity index (χ3v) is 3.93. The van der Waals surface area contributed by atoms with Crippen LogP contribution in [0.25, 0.3) is 0 Å². The van der Waals surface area contributed by atoms with Crippen LogP contribution in [0.15, 0.2) is 24.4 Å². The molecule has 0 saturated heterocycles. The maximum Gasteiger partial charge on any atom is 0.416 e. The number of anilines is 2. The van der Waals surface area contributed by atoms with Gasteiger partial charge in [-0.3, -0.25) is 4.79 Å². The first-order chi connectivity index (χ1) is 13.3. The minimum Gasteiger partial charge on any atom is -0.481 e. The summed E-state index contributed by atoms with van der Waals surface area (Å²) < 4.78 is 78.1. The first-order valence-electron chi connectivity index (χ1n) is 8.13. The lowest BCUT2D eigenvalue weighted by molar-refractivity contribution is -0.143. The Kier molecular flexibility index (Phi) is 6.24. The standard InChI is InChI=1S/C17H16F6N4O2/c1-8(14(28)29)6-25-13-7-26-15(24)27-12(13)4-9-2-10(16(18,19)20)5-11(3-9)17(21,22)23/h2-3,5,7-8,25H,4,6H2,1H3,(H,28,29)(H2,24,26,27). The Morgan fingerprint density at radius 1 is 1.14 bits per heavy atom. The van der Waals surface area contributed by atoms with Crippen molar-refractivity contribution in [3.05, 3.63) is 46.8 Å². The number of benzene rings is 1. The number of hydrogen-bond acceptors (Lipinski definition) is 5. The number of nitrogens with one attached hydrogen (secondary N) is 1. The monoisotopic (exact) mass is 422 g/mol. The molecule has 4 N–H and O–H groups in total. The van der Waals surface area contributed by atoms with E-state index in [0.29, 0.717) is 12.1 Å². The molecule has 0 bridgehead atoms. The van der Waals surface area contributed by atoms with E-state index in [2.05, 4.69) is 15.3 Å². The Balaban J connectivity index is 2.42. The fourth-order valence-corrected chi connectivity index (χ4v) is 2.38. The average molecular weight is 422 g/mol. The van der Waals surface area contributed by atoms with Crippen LogP contribution in [0.2, 0.25) is 0 Å². The number of carboxylic acids is 1. The first-order valence-corrected chi connectivity index (χ1v) is 8.13. The molecule has 1 aromatic heterocycles. The van der Waals surface area contributed by atoms with E-state index in [1.54, 1.807) is 0 Å². The van der Waals surface area contributed by atoms with Gasteiger partial charge < -0.3 is 16.2 Å². The molecule has 1 unspecified atom stereocenters. The number of nitrogen functional groups attached to an aromatic ring is 1. The number of hydrogen-bond donors (Lipinski definition) is 3. The SMILES string of the molecule is CC(CNc1cnc(N)nc1Cc1cc(C(F)(F)F)cc(C(F)(F)F)c1)C(=O)O. The van der Waals surface area contributed by atoms with E-state index in [-0.39, 0.29) is 35.5 Å². The molecule has 12 heteroatoms. The van der Waals surface area contributed by atoms with Gasteiger partial charge in [0, 0.05) is 13.0 Å². The van der Waals surface area contributed by atoms with Gasteiger partial charge in [-0.1, -0.05) is 6.92 Å². The summed E-state index contributed by atoms with van der Waals surface area (Å²) in [6, 6.07) is 1.22. The Morgan fingerprint density at radius 2 is 1.69 bits per heavy atom. The largest absolute Gasteiger partial charge is 0.481 e. The topological polar surface area (TPSA) is 101 Å². The Labute approximate surface area is 160 Å². The Morgan fingerprint density at radius 3 is 2.17 bits per heavy atom. The van der Waals surface area contributed by atoms with Crippen LogP contribution in [0.5, 0.6) is 0 Å². The number of rotatable bonds is 6. The number of nitrogens with two attached hydrogens (primary N) is 1. The predicted molar refractivity (Wildman–Crippen MR) is 91.0 cm³/mol. The zero-order chi connectivity index (χ0) is 22.0. The molecule has 6 nitrogen and oxygen atoms in total. The van der Waals surface area contributed by atoms with Gasteiger partial charge in [-0.25, -0.2) is 9.97 Å². The zero-order valence-electron chi connectivity index (χ0n) is 14.9. The average Bonchev–Trinajstić information content (AvgIpc) is 2.59. The number of aliphatic carboxylic acids is 1. The summed E-state index contributed by atoms with van der Waals surface area (Å²) in [7, 11) is 0. The van der Waals surface area contributed by atoms with Gasteiger partial charge in [-0.15, -0.1) is 0 Å². The van der Waals surface area contributed by atoms with Crippen molar-refractivity contribution >= 4 is 17.6 Å². The second kappa shape index (κ2) is 8.13. The molecule has 0 amide bonds. The molecule has 1 aromatic carbocycles. The highest BCUT2D eigenvalue weighted by atomic mass is 19.4. The second-order valence-corrected chi connectivity index (χ2v) is 6.30. The highest BCUT2D eigenvalue weighted by Gasteiger charge is 2.37. The lowest BCUT2D eigenvalue weighted by Crippen LogP contribution is -2.20. The molecular formula is C17H16F6N4O2. The van der Waals surface area contributed by atoms with Crippen molar-refractivity contribution in [1.29, 1.82) is 0 Å². The van der Waals surface area contributed by atoms with Gasteiger partial charge in [-0.05, 0) is 23.8 Å². The molecule has 2 aromatic rings. The maximum atomic E-state index is 13.0. The third-order valence-electron chi connectivity index (χ3n) is 3.93. The molecular weight excluding hydrogens is 406 g/mol. The van der Waals surface area contributed by atoms with Crippen LogP contribution in [-0.4, -0.2) is 27.6 Å². The molecule has 0 saturated carbocycles. The van der Waals surface area contributed by atoms with E-state index in [0.717, 1.165) is 0 Å². The van der Waals surface area contributed by atoms with Gasteiger partial charge in [0.15, 0.2) is 0 Å². The lowest BCUT2D eigenvalue weighted by atomic mass is 10.0. The fraction of sp³-hybridized carbons (Fsp3) is 0.353. The van der Waals surface area contributed by atoms with Crippen LogP contribution in [-0.2, 0) is 23.6 Å². The lowest BCUT2D eigenvalue weighted by Gasteiger charge is -2.16. The van der Waals surface area contributed by atoms with Crippen LogP contribution in [0, 0.1) is 5.92 Å². The molecule has 0 aliphatic rings. The van der Waals surface area contributed by atoms with Crippen LogP contribution in [0.3, 0.4) is 0 Å². The molecule has 158 valence electrons. The smallest absolute Gasteiger partial charge is 0.416 e. The van der Waals surface area contributed by atoms with Gasteiger partial charge in [0.1, 0.15) is 0 Å². The number of halogens is 6. The quantitative estimate of drug-likeness (QED) is 0.612. The maximum absolute atomic E-state index is 13.0. The summed E-state index contributed by atoms with van der Waals surface area (Å²) in [4.78, 5) is 18.5. The Bertz CT molecular complexity index is 866. The Hall–Kier alpha value is -3.05. The first kappa shape index (κ1) is 22.2. The molecule has 2 rings (SSSR count). The van der Waals surface area contributed by atoms with E-state index in [1.807, 2.05) is 0 Å². The van der Waals surface area contributed by atoms with Crippen LogP contribution in [0.4, 0.5) is 38.0 Å². The van der Waals surface area contributed by atoms with Crippen molar-refractivity contribution in [3.63, 3.8) is 0 Å². The van der Waals surface area contributed by atoms with E-state index < -0.39 is 41.8 Å².